The van der Waals surface area contributed by atoms with Gasteiger partial charge in [0.1, 0.15) is 0 Å². The highest BCUT2D eigenvalue weighted by atomic mass is 19.4. The van der Waals surface area contributed by atoms with Gasteiger partial charge in [0.15, 0.2) is 0 Å². The summed E-state index contributed by atoms with van der Waals surface area (Å²) < 4.78 is 37.6. The van der Waals surface area contributed by atoms with E-state index in [0.717, 1.165) is 12.1 Å². The first-order valence-electron chi connectivity index (χ1n) is 5.22. The number of carbonyl (C=O) groups excluding carboxylic acids is 1. The van der Waals surface area contributed by atoms with Gasteiger partial charge in [0, 0.05) is 17.5 Å². The van der Waals surface area contributed by atoms with E-state index in [1.807, 2.05) is 13.8 Å². The van der Waals surface area contributed by atoms with E-state index in [4.69, 9.17) is 0 Å². The van der Waals surface area contributed by atoms with Crippen LogP contribution in [0, 0.1) is 0 Å². The minimum absolute atomic E-state index is 0.121. The van der Waals surface area contributed by atoms with Crippen molar-refractivity contribution in [3.63, 3.8) is 0 Å². The Morgan fingerprint density at radius 2 is 1.94 bits per heavy atom. The van der Waals surface area contributed by atoms with Crippen molar-refractivity contribution < 1.29 is 18.0 Å². The molecule has 0 saturated carbocycles. The molecule has 0 atom stereocenters. The third kappa shape index (κ3) is 2.01. The van der Waals surface area contributed by atoms with Crippen molar-refractivity contribution >= 4 is 5.91 Å². The molecule has 1 aromatic carbocycles. The highest BCUT2D eigenvalue weighted by Gasteiger charge is 2.36. The SMILES string of the molecule is CC1(C)CNC(=O)c2cc(C(F)(F)F)ccc21. The van der Waals surface area contributed by atoms with Crippen LogP contribution in [0.3, 0.4) is 0 Å². The average Bonchev–Trinajstić information content (AvgIpc) is 2.22. The van der Waals surface area contributed by atoms with Crippen LogP contribution in [0.5, 0.6) is 0 Å². The maximum atomic E-state index is 12.5. The van der Waals surface area contributed by atoms with Crippen molar-refractivity contribution in [2.75, 3.05) is 6.54 Å². The van der Waals surface area contributed by atoms with E-state index in [0.29, 0.717) is 12.1 Å². The minimum Gasteiger partial charge on any atom is -0.351 e. The number of fused-ring (bicyclic) bond motifs is 1. The van der Waals surface area contributed by atoms with Crippen molar-refractivity contribution in [2.24, 2.45) is 0 Å². The van der Waals surface area contributed by atoms with Gasteiger partial charge in [0.05, 0.1) is 5.56 Å². The van der Waals surface area contributed by atoms with Crippen LogP contribution in [0.15, 0.2) is 18.2 Å². The number of hydrogen-bond donors (Lipinski definition) is 1. The molecule has 1 N–H and O–H groups in total. The smallest absolute Gasteiger partial charge is 0.351 e. The lowest BCUT2D eigenvalue weighted by Gasteiger charge is -2.32. The summed E-state index contributed by atoms with van der Waals surface area (Å²) in [6.45, 7) is 4.21. The molecule has 17 heavy (non-hydrogen) atoms. The first kappa shape index (κ1) is 12.0. The molecule has 0 bridgehead atoms. The molecule has 2 rings (SSSR count). The van der Waals surface area contributed by atoms with E-state index >= 15 is 0 Å². The maximum Gasteiger partial charge on any atom is 0.416 e. The number of nitrogens with one attached hydrogen (secondary N) is 1. The largest absolute Gasteiger partial charge is 0.416 e. The number of rotatable bonds is 0. The summed E-state index contributed by atoms with van der Waals surface area (Å²) in [7, 11) is 0. The van der Waals surface area contributed by atoms with Gasteiger partial charge in [-0.2, -0.15) is 13.2 Å². The second-order valence-corrected chi connectivity index (χ2v) is 4.82. The van der Waals surface area contributed by atoms with E-state index in [-0.39, 0.29) is 11.0 Å². The quantitative estimate of drug-likeness (QED) is 0.745. The first-order chi connectivity index (χ1) is 7.72. The number of amides is 1. The van der Waals surface area contributed by atoms with E-state index in [1.165, 1.54) is 6.07 Å². The molecule has 1 aromatic rings. The van der Waals surface area contributed by atoms with Gasteiger partial charge in [-0.15, -0.1) is 0 Å². The van der Waals surface area contributed by atoms with Gasteiger partial charge < -0.3 is 5.32 Å². The molecule has 0 aromatic heterocycles. The number of carbonyl (C=O) groups is 1. The molecule has 1 heterocycles. The molecule has 0 radical (unpaired) electrons. The zero-order valence-electron chi connectivity index (χ0n) is 9.48. The summed E-state index contributed by atoms with van der Waals surface area (Å²) in [6, 6.07) is 3.35. The topological polar surface area (TPSA) is 29.1 Å². The lowest BCUT2D eigenvalue weighted by Crippen LogP contribution is -2.43. The summed E-state index contributed by atoms with van der Waals surface area (Å²) in [5.41, 5.74) is -0.345. The van der Waals surface area contributed by atoms with Gasteiger partial charge in [-0.3, -0.25) is 4.79 Å². The van der Waals surface area contributed by atoms with Gasteiger partial charge in [-0.25, -0.2) is 0 Å². The van der Waals surface area contributed by atoms with Crippen LogP contribution in [-0.2, 0) is 11.6 Å². The van der Waals surface area contributed by atoms with Crippen molar-refractivity contribution in [1.82, 2.24) is 5.32 Å². The van der Waals surface area contributed by atoms with Crippen LogP contribution in [-0.4, -0.2) is 12.5 Å². The zero-order chi connectivity index (χ0) is 12.8. The monoisotopic (exact) mass is 243 g/mol. The molecule has 5 heteroatoms. The molecule has 0 saturated heterocycles. The van der Waals surface area contributed by atoms with Gasteiger partial charge in [0.2, 0.25) is 0 Å². The Labute approximate surface area is 96.8 Å². The van der Waals surface area contributed by atoms with Crippen LogP contribution < -0.4 is 5.32 Å². The first-order valence-corrected chi connectivity index (χ1v) is 5.22. The molecule has 0 spiro atoms. The normalized spacial score (nSPS) is 18.5. The van der Waals surface area contributed by atoms with Crippen LogP contribution in [0.4, 0.5) is 13.2 Å². The summed E-state index contributed by atoms with van der Waals surface area (Å²) >= 11 is 0. The van der Waals surface area contributed by atoms with Crippen LogP contribution in [0.25, 0.3) is 0 Å². The number of benzene rings is 1. The highest BCUT2D eigenvalue weighted by Crippen LogP contribution is 2.35. The number of hydrogen-bond acceptors (Lipinski definition) is 1. The fourth-order valence-corrected chi connectivity index (χ4v) is 1.99. The molecule has 1 amide bonds. The highest BCUT2D eigenvalue weighted by molar-refractivity contribution is 5.97. The molecule has 92 valence electrons. The van der Waals surface area contributed by atoms with E-state index in [1.54, 1.807) is 0 Å². The van der Waals surface area contributed by atoms with Gasteiger partial charge in [-0.05, 0) is 17.7 Å². The predicted octanol–water partition coefficient (Wildman–Crippen LogP) is 2.73. The second kappa shape index (κ2) is 3.48. The lowest BCUT2D eigenvalue weighted by atomic mass is 9.78. The van der Waals surface area contributed by atoms with Crippen molar-refractivity contribution in [2.45, 2.75) is 25.4 Å². The summed E-state index contributed by atoms with van der Waals surface area (Å²) in [4.78, 5) is 11.6. The molecule has 0 unspecified atom stereocenters. The Kier molecular flexibility index (Phi) is 2.45. The minimum atomic E-state index is -4.42. The third-order valence-electron chi connectivity index (χ3n) is 3.01. The molecule has 0 aliphatic carbocycles. The fourth-order valence-electron chi connectivity index (χ4n) is 1.99. The Hall–Kier alpha value is -1.52. The molecular weight excluding hydrogens is 231 g/mol. The Bertz CT molecular complexity index is 477. The average molecular weight is 243 g/mol. The fraction of sp³-hybridized carbons (Fsp3) is 0.417. The van der Waals surface area contributed by atoms with E-state index in [9.17, 15) is 18.0 Å². The third-order valence-corrected chi connectivity index (χ3v) is 3.01. The maximum absolute atomic E-state index is 12.5. The molecular formula is C12H12F3NO. The van der Waals surface area contributed by atoms with Crippen molar-refractivity contribution in [3.05, 3.63) is 34.9 Å². The Morgan fingerprint density at radius 1 is 1.29 bits per heavy atom. The standard InChI is InChI=1S/C12H12F3NO/c1-11(2)6-16-10(17)8-5-7(12(13,14)15)3-4-9(8)11/h3-5H,6H2,1-2H3,(H,16,17). The van der Waals surface area contributed by atoms with E-state index < -0.39 is 17.6 Å². The van der Waals surface area contributed by atoms with Crippen LogP contribution >= 0.6 is 0 Å². The Morgan fingerprint density at radius 3 is 2.53 bits per heavy atom. The predicted molar refractivity (Wildman–Crippen MR) is 56.8 cm³/mol. The van der Waals surface area contributed by atoms with Crippen molar-refractivity contribution in [3.8, 4) is 0 Å². The molecule has 1 aliphatic heterocycles. The van der Waals surface area contributed by atoms with Gasteiger partial charge in [0.25, 0.3) is 5.91 Å². The summed E-state index contributed by atoms with van der Waals surface area (Å²) in [5.74, 6) is -0.439. The molecule has 0 fully saturated rings. The van der Waals surface area contributed by atoms with Crippen LogP contribution in [0.1, 0.15) is 35.3 Å². The number of halogens is 3. The van der Waals surface area contributed by atoms with E-state index in [2.05, 4.69) is 5.32 Å². The molecule has 2 nitrogen and oxygen atoms in total. The zero-order valence-corrected chi connectivity index (χ0v) is 9.48. The summed E-state index contributed by atoms with van der Waals surface area (Å²) in [6.07, 6.45) is -4.42. The van der Waals surface area contributed by atoms with Gasteiger partial charge in [-0.1, -0.05) is 19.9 Å². The number of alkyl halides is 3. The second-order valence-electron chi connectivity index (χ2n) is 4.82. The Balaban J connectivity index is 2.58. The molecule has 1 aliphatic rings. The van der Waals surface area contributed by atoms with Crippen LogP contribution in [0.2, 0.25) is 0 Å². The van der Waals surface area contributed by atoms with Gasteiger partial charge >= 0.3 is 6.18 Å². The van der Waals surface area contributed by atoms with Crippen molar-refractivity contribution in [1.29, 1.82) is 0 Å². The summed E-state index contributed by atoms with van der Waals surface area (Å²) in [5, 5.41) is 2.60. The lowest BCUT2D eigenvalue weighted by molar-refractivity contribution is -0.137.